The monoisotopic (exact) mass is 328 g/mol. The molecule has 0 saturated heterocycles. The van der Waals surface area contributed by atoms with Gasteiger partial charge in [0.05, 0.1) is 0 Å². The van der Waals surface area contributed by atoms with Crippen molar-refractivity contribution in [1.29, 1.82) is 0 Å². The van der Waals surface area contributed by atoms with Crippen molar-refractivity contribution in [2.45, 2.75) is 12.8 Å². The normalized spacial score (nSPS) is 14.0. The second-order valence-electron chi connectivity index (χ2n) is 6.04. The lowest BCUT2D eigenvalue weighted by molar-refractivity contribution is 0.0695. The number of amides is 1. The molecular formula is C17H20N4O3. The van der Waals surface area contributed by atoms with Gasteiger partial charge in [0, 0.05) is 45.5 Å². The van der Waals surface area contributed by atoms with Crippen LogP contribution < -0.4 is 4.90 Å². The van der Waals surface area contributed by atoms with Crippen molar-refractivity contribution >= 4 is 17.7 Å². The number of hydrogen-bond acceptors (Lipinski definition) is 4. The van der Waals surface area contributed by atoms with E-state index >= 15 is 0 Å². The predicted octanol–water partition coefficient (Wildman–Crippen LogP) is 1.41. The van der Waals surface area contributed by atoms with E-state index in [1.54, 1.807) is 48.3 Å². The van der Waals surface area contributed by atoms with Crippen LogP contribution in [0.25, 0.3) is 0 Å². The molecule has 1 amide bonds. The zero-order chi connectivity index (χ0) is 17.3. The Hall–Kier alpha value is -2.83. The smallest absolute Gasteiger partial charge is 0.339 e. The maximum atomic E-state index is 12.5. The first-order valence-electron chi connectivity index (χ1n) is 7.83. The third-order valence-electron chi connectivity index (χ3n) is 4.21. The second-order valence-corrected chi connectivity index (χ2v) is 6.04. The van der Waals surface area contributed by atoms with Crippen molar-refractivity contribution in [3.63, 3.8) is 0 Å². The maximum absolute atomic E-state index is 12.5. The molecule has 0 fully saturated rings. The molecule has 1 aliphatic rings. The molecule has 0 radical (unpaired) electrons. The molecule has 3 heterocycles. The van der Waals surface area contributed by atoms with Gasteiger partial charge in [0.15, 0.2) is 0 Å². The standard InChI is InChI=1S/C17H20N4O3/c1-20(2)15-12(17(23)24)10-11-5-8-21(9-6-13(11)19-15)16(22)14-4-3-7-18-14/h3-4,7,10,18H,5-6,8-9H2,1-2H3,(H,23,24). The number of fused-ring (bicyclic) bond motifs is 1. The summed E-state index contributed by atoms with van der Waals surface area (Å²) in [6.45, 7) is 1.12. The van der Waals surface area contributed by atoms with Crippen molar-refractivity contribution in [2.75, 3.05) is 32.1 Å². The third kappa shape index (κ3) is 2.97. The van der Waals surface area contributed by atoms with Gasteiger partial charge in [-0.2, -0.15) is 0 Å². The molecule has 0 aliphatic carbocycles. The molecule has 126 valence electrons. The highest BCUT2D eigenvalue weighted by Gasteiger charge is 2.24. The highest BCUT2D eigenvalue weighted by molar-refractivity contribution is 5.94. The number of aromatic carboxylic acids is 1. The van der Waals surface area contributed by atoms with Crippen molar-refractivity contribution in [2.24, 2.45) is 0 Å². The molecular weight excluding hydrogens is 308 g/mol. The van der Waals surface area contributed by atoms with Crippen LogP contribution in [0, 0.1) is 0 Å². The highest BCUT2D eigenvalue weighted by atomic mass is 16.4. The van der Waals surface area contributed by atoms with Crippen molar-refractivity contribution in [3.05, 3.63) is 46.9 Å². The summed E-state index contributed by atoms with van der Waals surface area (Å²) in [5.41, 5.74) is 2.53. The Bertz CT molecular complexity index is 768. The number of aromatic nitrogens is 2. The summed E-state index contributed by atoms with van der Waals surface area (Å²) in [7, 11) is 3.55. The number of nitrogens with one attached hydrogen (secondary N) is 1. The lowest BCUT2D eigenvalue weighted by atomic mass is 10.1. The Labute approximate surface area is 139 Å². The molecule has 0 unspecified atom stereocenters. The summed E-state index contributed by atoms with van der Waals surface area (Å²) in [6.07, 6.45) is 2.94. The fourth-order valence-corrected chi connectivity index (χ4v) is 2.96. The average molecular weight is 328 g/mol. The van der Waals surface area contributed by atoms with E-state index in [9.17, 15) is 14.7 Å². The number of carboxylic acids is 1. The quantitative estimate of drug-likeness (QED) is 0.889. The molecule has 2 N–H and O–H groups in total. The highest BCUT2D eigenvalue weighted by Crippen LogP contribution is 2.23. The largest absolute Gasteiger partial charge is 0.478 e. The first-order chi connectivity index (χ1) is 11.5. The Kier molecular flexibility index (Phi) is 4.24. The molecule has 0 bridgehead atoms. The molecule has 2 aromatic heterocycles. The number of nitrogens with zero attached hydrogens (tertiary/aromatic N) is 3. The molecule has 0 aromatic carbocycles. The number of hydrogen-bond donors (Lipinski definition) is 2. The third-order valence-corrected chi connectivity index (χ3v) is 4.21. The lowest BCUT2D eigenvalue weighted by Gasteiger charge is -2.19. The van der Waals surface area contributed by atoms with E-state index in [-0.39, 0.29) is 11.5 Å². The summed E-state index contributed by atoms with van der Waals surface area (Å²) < 4.78 is 0. The minimum Gasteiger partial charge on any atom is -0.478 e. The number of pyridine rings is 1. The summed E-state index contributed by atoms with van der Waals surface area (Å²) in [4.78, 5) is 34.9. The van der Waals surface area contributed by atoms with Gasteiger partial charge in [0.25, 0.3) is 5.91 Å². The molecule has 7 heteroatoms. The van der Waals surface area contributed by atoms with Crippen LogP contribution in [0.15, 0.2) is 24.4 Å². The van der Waals surface area contributed by atoms with E-state index in [4.69, 9.17) is 0 Å². The first-order valence-corrected chi connectivity index (χ1v) is 7.83. The molecule has 24 heavy (non-hydrogen) atoms. The van der Waals surface area contributed by atoms with Crippen LogP contribution in [0.2, 0.25) is 0 Å². The Balaban J connectivity index is 1.88. The molecule has 3 rings (SSSR count). The topological polar surface area (TPSA) is 89.5 Å². The van der Waals surface area contributed by atoms with E-state index in [1.807, 2.05) is 0 Å². The van der Waals surface area contributed by atoms with Crippen molar-refractivity contribution in [3.8, 4) is 0 Å². The van der Waals surface area contributed by atoms with Crippen LogP contribution in [0.5, 0.6) is 0 Å². The number of carbonyl (C=O) groups is 2. The zero-order valence-electron chi connectivity index (χ0n) is 13.7. The SMILES string of the molecule is CN(C)c1nc2c(cc1C(=O)O)CCN(C(=O)c1ccc[nH]1)CC2. The molecule has 1 aliphatic heterocycles. The number of rotatable bonds is 3. The fourth-order valence-electron chi connectivity index (χ4n) is 2.96. The average Bonchev–Trinajstić information content (AvgIpc) is 3.00. The van der Waals surface area contributed by atoms with E-state index < -0.39 is 5.97 Å². The summed E-state index contributed by atoms with van der Waals surface area (Å²) in [5.74, 6) is -0.581. The van der Waals surface area contributed by atoms with Crippen molar-refractivity contribution in [1.82, 2.24) is 14.9 Å². The van der Waals surface area contributed by atoms with Crippen LogP contribution in [0.4, 0.5) is 5.82 Å². The van der Waals surface area contributed by atoms with E-state index in [0.29, 0.717) is 37.4 Å². The van der Waals surface area contributed by atoms with Gasteiger partial charge in [-0.05, 0) is 30.2 Å². The van der Waals surface area contributed by atoms with Gasteiger partial charge in [-0.3, -0.25) is 4.79 Å². The number of H-pyrrole nitrogens is 1. The fraction of sp³-hybridized carbons (Fsp3) is 0.353. The van der Waals surface area contributed by atoms with Crippen molar-refractivity contribution < 1.29 is 14.7 Å². The summed E-state index contributed by atoms with van der Waals surface area (Å²) in [5, 5.41) is 9.42. The number of carbonyl (C=O) groups excluding carboxylic acids is 1. The van der Waals surface area contributed by atoms with Crippen LogP contribution >= 0.6 is 0 Å². The van der Waals surface area contributed by atoms with Gasteiger partial charge < -0.3 is 19.9 Å². The molecule has 0 atom stereocenters. The van der Waals surface area contributed by atoms with Crippen LogP contribution in [0.3, 0.4) is 0 Å². The van der Waals surface area contributed by atoms with Gasteiger partial charge in [-0.25, -0.2) is 9.78 Å². The van der Waals surface area contributed by atoms with Gasteiger partial charge in [0.1, 0.15) is 17.1 Å². The Morgan fingerprint density at radius 2 is 2.04 bits per heavy atom. The molecule has 0 spiro atoms. The summed E-state index contributed by atoms with van der Waals surface area (Å²) >= 11 is 0. The number of anilines is 1. The van der Waals surface area contributed by atoms with E-state index in [0.717, 1.165) is 11.3 Å². The number of carboxylic acid groups (broad SMARTS) is 1. The van der Waals surface area contributed by atoms with E-state index in [1.165, 1.54) is 0 Å². The second kappa shape index (κ2) is 6.35. The number of aromatic amines is 1. The Morgan fingerprint density at radius 1 is 1.29 bits per heavy atom. The predicted molar refractivity (Wildman–Crippen MR) is 89.6 cm³/mol. The minimum absolute atomic E-state index is 0.0425. The van der Waals surface area contributed by atoms with E-state index in [2.05, 4.69) is 9.97 Å². The summed E-state index contributed by atoms with van der Waals surface area (Å²) in [6, 6.07) is 5.25. The lowest BCUT2D eigenvalue weighted by Crippen LogP contribution is -2.33. The van der Waals surface area contributed by atoms with Gasteiger partial charge in [0.2, 0.25) is 0 Å². The molecule has 0 saturated carbocycles. The van der Waals surface area contributed by atoms with Crippen LogP contribution in [0.1, 0.15) is 32.1 Å². The Morgan fingerprint density at radius 3 is 2.67 bits per heavy atom. The maximum Gasteiger partial charge on any atom is 0.339 e. The first kappa shape index (κ1) is 16.0. The minimum atomic E-state index is -0.988. The van der Waals surface area contributed by atoms with Gasteiger partial charge in [-0.1, -0.05) is 0 Å². The molecule has 2 aromatic rings. The van der Waals surface area contributed by atoms with Gasteiger partial charge >= 0.3 is 5.97 Å². The van der Waals surface area contributed by atoms with Crippen LogP contribution in [-0.2, 0) is 12.8 Å². The zero-order valence-corrected chi connectivity index (χ0v) is 13.7. The molecule has 7 nitrogen and oxygen atoms in total. The van der Waals surface area contributed by atoms with Crippen LogP contribution in [-0.4, -0.2) is 59.0 Å². The van der Waals surface area contributed by atoms with Gasteiger partial charge in [-0.15, -0.1) is 0 Å².